The molecule has 1 N–H and O–H groups in total. The van der Waals surface area contributed by atoms with Gasteiger partial charge in [-0.2, -0.15) is 0 Å². The zero-order valence-electron chi connectivity index (χ0n) is 10.2. The molecule has 2 aromatic rings. The van der Waals surface area contributed by atoms with Crippen molar-refractivity contribution >= 4 is 34.5 Å². The Morgan fingerprint density at radius 2 is 2.00 bits per heavy atom. The third-order valence-corrected chi connectivity index (χ3v) is 4.41. The molecule has 0 fully saturated rings. The highest BCUT2D eigenvalue weighted by molar-refractivity contribution is 7.09. The van der Waals surface area contributed by atoms with Gasteiger partial charge in [0.2, 0.25) is 0 Å². The molecule has 18 heavy (non-hydrogen) atoms. The van der Waals surface area contributed by atoms with E-state index in [0.717, 1.165) is 16.3 Å². The van der Waals surface area contributed by atoms with Gasteiger partial charge in [-0.25, -0.2) is 4.98 Å². The summed E-state index contributed by atoms with van der Waals surface area (Å²) in [5.41, 5.74) is 2.00. The van der Waals surface area contributed by atoms with Crippen LogP contribution in [0.15, 0.2) is 23.6 Å². The van der Waals surface area contributed by atoms with Gasteiger partial charge in [0.25, 0.3) is 0 Å². The minimum Gasteiger partial charge on any atom is -0.312 e. The molecule has 96 valence electrons. The number of hydrogen-bond donors (Lipinski definition) is 1. The van der Waals surface area contributed by atoms with Crippen molar-refractivity contribution in [1.82, 2.24) is 10.3 Å². The van der Waals surface area contributed by atoms with Crippen LogP contribution in [0.2, 0.25) is 10.0 Å². The minimum atomic E-state index is 0.261. The molecule has 1 heterocycles. The molecule has 0 aliphatic carbocycles. The number of hydrogen-bond acceptors (Lipinski definition) is 3. The Morgan fingerprint density at radius 1 is 1.33 bits per heavy atom. The molecular formula is C13H14Cl2N2S. The Morgan fingerprint density at radius 3 is 2.61 bits per heavy atom. The van der Waals surface area contributed by atoms with Crippen molar-refractivity contribution in [2.45, 2.75) is 19.4 Å². The Balaban J connectivity index is 2.21. The maximum absolute atomic E-state index is 6.16. The van der Waals surface area contributed by atoms with Gasteiger partial charge in [0.1, 0.15) is 0 Å². The third-order valence-electron chi connectivity index (χ3n) is 2.84. The number of benzene rings is 1. The Labute approximate surface area is 121 Å². The summed E-state index contributed by atoms with van der Waals surface area (Å²) in [6, 6.07) is 5.82. The van der Waals surface area contributed by atoms with Crippen LogP contribution >= 0.6 is 34.5 Å². The van der Waals surface area contributed by atoms with Crippen LogP contribution in [0.25, 0.3) is 0 Å². The predicted octanol–water partition coefficient (Wildman–Crippen LogP) is 4.32. The van der Waals surface area contributed by atoms with Gasteiger partial charge in [0.15, 0.2) is 0 Å². The maximum Gasteiger partial charge on any atom is 0.0974 e. The first kappa shape index (κ1) is 13.8. The van der Waals surface area contributed by atoms with Gasteiger partial charge in [-0.05, 0) is 31.7 Å². The van der Waals surface area contributed by atoms with E-state index >= 15 is 0 Å². The van der Waals surface area contributed by atoms with E-state index in [-0.39, 0.29) is 6.04 Å². The lowest BCUT2D eigenvalue weighted by Gasteiger charge is -2.06. The Hall–Kier alpha value is -0.610. The van der Waals surface area contributed by atoms with Gasteiger partial charge >= 0.3 is 0 Å². The normalized spacial score (nSPS) is 12.7. The fraction of sp³-hybridized carbons (Fsp3) is 0.308. The molecular weight excluding hydrogens is 287 g/mol. The van der Waals surface area contributed by atoms with Crippen molar-refractivity contribution < 1.29 is 0 Å². The standard InChI is InChI=1S/C13H14Cl2N2S/c1-8(16-2)12-7-18-13(17-12)6-9-10(14)4-3-5-11(9)15/h3-5,7-8,16H,6H2,1-2H3. The van der Waals surface area contributed by atoms with E-state index in [1.54, 1.807) is 11.3 Å². The van der Waals surface area contributed by atoms with Gasteiger partial charge in [-0.3, -0.25) is 0 Å². The van der Waals surface area contributed by atoms with Crippen molar-refractivity contribution in [1.29, 1.82) is 0 Å². The van der Waals surface area contributed by atoms with Crippen LogP contribution in [0.1, 0.15) is 29.2 Å². The fourth-order valence-corrected chi connectivity index (χ4v) is 3.04. The molecule has 2 nitrogen and oxygen atoms in total. The average Bonchev–Trinajstić information content (AvgIpc) is 2.81. The summed E-state index contributed by atoms with van der Waals surface area (Å²) in [6.45, 7) is 2.08. The van der Waals surface area contributed by atoms with Gasteiger partial charge < -0.3 is 5.32 Å². The molecule has 0 spiro atoms. The minimum absolute atomic E-state index is 0.261. The Bertz CT molecular complexity index is 519. The summed E-state index contributed by atoms with van der Waals surface area (Å²) in [4.78, 5) is 4.60. The van der Waals surface area contributed by atoms with Crippen molar-refractivity contribution in [2.75, 3.05) is 7.05 Å². The summed E-state index contributed by atoms with van der Waals surface area (Å²) in [5.74, 6) is 0. The van der Waals surface area contributed by atoms with Gasteiger partial charge in [0.05, 0.1) is 10.7 Å². The monoisotopic (exact) mass is 300 g/mol. The second-order valence-electron chi connectivity index (χ2n) is 4.05. The van der Waals surface area contributed by atoms with Crippen molar-refractivity contribution in [3.05, 3.63) is 49.9 Å². The average molecular weight is 301 g/mol. The number of nitrogens with one attached hydrogen (secondary N) is 1. The molecule has 0 aliphatic heterocycles. The van der Waals surface area contributed by atoms with Gasteiger partial charge in [0, 0.05) is 27.9 Å². The second-order valence-corrected chi connectivity index (χ2v) is 5.81. The lowest BCUT2D eigenvalue weighted by Crippen LogP contribution is -2.12. The first-order valence-electron chi connectivity index (χ1n) is 5.66. The van der Waals surface area contributed by atoms with Crippen LogP contribution in [-0.4, -0.2) is 12.0 Å². The maximum atomic E-state index is 6.16. The van der Waals surface area contributed by atoms with Crippen LogP contribution in [0.4, 0.5) is 0 Å². The van der Waals surface area contributed by atoms with Crippen LogP contribution < -0.4 is 5.32 Å². The number of rotatable bonds is 4. The zero-order chi connectivity index (χ0) is 13.1. The highest BCUT2D eigenvalue weighted by Gasteiger charge is 2.11. The molecule has 1 unspecified atom stereocenters. The summed E-state index contributed by atoms with van der Waals surface area (Å²) in [7, 11) is 1.93. The molecule has 1 aromatic carbocycles. The third kappa shape index (κ3) is 3.04. The van der Waals surface area contributed by atoms with Crippen LogP contribution in [-0.2, 0) is 6.42 Å². The summed E-state index contributed by atoms with van der Waals surface area (Å²) < 4.78 is 0. The van der Waals surface area contributed by atoms with E-state index in [4.69, 9.17) is 23.2 Å². The molecule has 5 heteroatoms. The van der Waals surface area contributed by atoms with Crippen molar-refractivity contribution in [3.8, 4) is 0 Å². The molecule has 1 atom stereocenters. The number of thiazole rings is 1. The molecule has 0 amide bonds. The van der Waals surface area contributed by atoms with Gasteiger partial charge in [-0.15, -0.1) is 11.3 Å². The number of nitrogens with zero attached hydrogens (tertiary/aromatic N) is 1. The van der Waals surface area contributed by atoms with E-state index < -0.39 is 0 Å². The SMILES string of the molecule is CNC(C)c1csc(Cc2c(Cl)cccc2Cl)n1. The lowest BCUT2D eigenvalue weighted by atomic mass is 10.1. The number of halogens is 2. The van der Waals surface area contributed by atoms with Gasteiger partial charge in [-0.1, -0.05) is 29.3 Å². The summed E-state index contributed by atoms with van der Waals surface area (Å²) >= 11 is 13.9. The van der Waals surface area contributed by atoms with E-state index in [1.165, 1.54) is 0 Å². The molecule has 2 rings (SSSR count). The second kappa shape index (κ2) is 6.02. The highest BCUT2D eigenvalue weighted by Crippen LogP contribution is 2.28. The molecule has 0 radical (unpaired) electrons. The van der Waals surface area contributed by atoms with E-state index in [0.29, 0.717) is 16.5 Å². The molecule has 0 aliphatic rings. The van der Waals surface area contributed by atoms with Crippen LogP contribution in [0.3, 0.4) is 0 Å². The van der Waals surface area contributed by atoms with Crippen molar-refractivity contribution in [3.63, 3.8) is 0 Å². The predicted molar refractivity (Wildman–Crippen MR) is 78.9 cm³/mol. The van der Waals surface area contributed by atoms with E-state index in [2.05, 4.69) is 22.6 Å². The fourth-order valence-electron chi connectivity index (χ4n) is 1.61. The van der Waals surface area contributed by atoms with Crippen molar-refractivity contribution in [2.24, 2.45) is 0 Å². The smallest absolute Gasteiger partial charge is 0.0974 e. The highest BCUT2D eigenvalue weighted by atomic mass is 35.5. The molecule has 0 saturated heterocycles. The lowest BCUT2D eigenvalue weighted by molar-refractivity contribution is 0.635. The van der Waals surface area contributed by atoms with Crippen LogP contribution in [0.5, 0.6) is 0 Å². The number of aromatic nitrogens is 1. The van der Waals surface area contributed by atoms with E-state index in [9.17, 15) is 0 Å². The molecule has 0 saturated carbocycles. The quantitative estimate of drug-likeness (QED) is 0.909. The largest absolute Gasteiger partial charge is 0.312 e. The first-order valence-corrected chi connectivity index (χ1v) is 7.30. The topological polar surface area (TPSA) is 24.9 Å². The van der Waals surface area contributed by atoms with E-state index in [1.807, 2.05) is 25.2 Å². The molecule has 0 bridgehead atoms. The summed E-state index contributed by atoms with van der Waals surface area (Å²) in [5, 5.41) is 7.66. The van der Waals surface area contributed by atoms with Crippen LogP contribution in [0, 0.1) is 0 Å². The first-order chi connectivity index (χ1) is 8.61. The zero-order valence-corrected chi connectivity index (χ0v) is 12.5. The molecule has 1 aromatic heterocycles. The summed E-state index contributed by atoms with van der Waals surface area (Å²) in [6.07, 6.45) is 0.680. The Kier molecular flexibility index (Phi) is 4.62.